The average Bonchev–Trinajstić information content (AvgIpc) is 2.15. The highest BCUT2D eigenvalue weighted by atomic mass is 16.1. The number of unbranched alkanes of at least 4 members (excludes halogenated alkanes) is 4. The van der Waals surface area contributed by atoms with Crippen molar-refractivity contribution >= 4 is 12.2 Å². The van der Waals surface area contributed by atoms with Gasteiger partial charge < -0.3 is 11.1 Å². The summed E-state index contributed by atoms with van der Waals surface area (Å²) in [5.74, 6) is -0.160. The zero-order chi connectivity index (χ0) is 10.8. The van der Waals surface area contributed by atoms with E-state index in [1.807, 2.05) is 6.29 Å². The molecule has 4 nitrogen and oxygen atoms in total. The van der Waals surface area contributed by atoms with Gasteiger partial charge in [-0.2, -0.15) is 0 Å². The highest BCUT2D eigenvalue weighted by Crippen LogP contribution is 2.06. The molecular formula is C10H20N3O. The van der Waals surface area contributed by atoms with Gasteiger partial charge in [0.15, 0.2) is 5.96 Å². The first kappa shape index (κ1) is 12.9. The molecule has 0 aromatic rings. The third kappa shape index (κ3) is 7.58. The molecule has 0 aromatic heterocycles. The monoisotopic (exact) mass is 198 g/mol. The summed E-state index contributed by atoms with van der Waals surface area (Å²) in [6.07, 6.45) is 8.35. The Morgan fingerprint density at radius 3 is 2.57 bits per heavy atom. The minimum atomic E-state index is -0.408. The molecule has 0 saturated heterocycles. The van der Waals surface area contributed by atoms with Crippen LogP contribution in [0.25, 0.3) is 0 Å². The fraction of sp³-hybridized carbons (Fsp3) is 0.800. The van der Waals surface area contributed by atoms with Gasteiger partial charge in [0.2, 0.25) is 6.29 Å². The fourth-order valence-corrected chi connectivity index (χ4v) is 1.30. The molecule has 4 N–H and O–H groups in total. The van der Waals surface area contributed by atoms with Crippen molar-refractivity contribution in [2.75, 3.05) is 0 Å². The van der Waals surface area contributed by atoms with E-state index in [1.54, 1.807) is 0 Å². The van der Waals surface area contributed by atoms with Crippen LogP contribution in [0, 0.1) is 5.41 Å². The van der Waals surface area contributed by atoms with E-state index in [0.717, 1.165) is 12.8 Å². The van der Waals surface area contributed by atoms with Gasteiger partial charge in [-0.25, -0.2) is 0 Å². The van der Waals surface area contributed by atoms with E-state index in [2.05, 4.69) is 12.2 Å². The van der Waals surface area contributed by atoms with Crippen LogP contribution in [0.5, 0.6) is 0 Å². The number of carbonyl (C=O) groups excluding carboxylic acids is 1. The van der Waals surface area contributed by atoms with Crippen LogP contribution in [0.4, 0.5) is 0 Å². The summed E-state index contributed by atoms with van der Waals surface area (Å²) in [5, 5.41) is 9.52. The van der Waals surface area contributed by atoms with Crippen molar-refractivity contribution in [3.8, 4) is 0 Å². The first-order chi connectivity index (χ1) is 6.70. The van der Waals surface area contributed by atoms with Gasteiger partial charge in [0.05, 0.1) is 6.04 Å². The van der Waals surface area contributed by atoms with Gasteiger partial charge in [-0.1, -0.05) is 39.0 Å². The molecule has 1 atom stereocenters. The molecule has 1 radical (unpaired) electrons. The van der Waals surface area contributed by atoms with Crippen molar-refractivity contribution in [3.63, 3.8) is 0 Å². The fourth-order valence-electron chi connectivity index (χ4n) is 1.30. The second-order valence-corrected chi connectivity index (χ2v) is 3.43. The van der Waals surface area contributed by atoms with Gasteiger partial charge >= 0.3 is 0 Å². The number of nitrogens with one attached hydrogen (secondary N) is 2. The molecule has 0 aromatic carbocycles. The van der Waals surface area contributed by atoms with E-state index in [0.29, 0.717) is 6.42 Å². The molecule has 0 amide bonds. The Morgan fingerprint density at radius 2 is 2.07 bits per heavy atom. The SMILES string of the molecule is CCCCCCCC([C]=O)NC(=N)N. The minimum absolute atomic E-state index is 0.160. The Kier molecular flexibility index (Phi) is 7.89. The average molecular weight is 198 g/mol. The molecule has 0 saturated carbocycles. The van der Waals surface area contributed by atoms with Crippen LogP contribution in [0.15, 0.2) is 0 Å². The van der Waals surface area contributed by atoms with Crippen LogP contribution >= 0.6 is 0 Å². The van der Waals surface area contributed by atoms with Crippen LogP contribution in [-0.4, -0.2) is 18.3 Å². The molecule has 0 aliphatic rings. The standard InChI is InChI=1S/C10H20N3O/c1-2-3-4-5-6-7-9(8-14)13-10(11)12/h9H,2-7H2,1H3,(H4,11,12,13). The second-order valence-electron chi connectivity index (χ2n) is 3.43. The molecule has 1 unspecified atom stereocenters. The lowest BCUT2D eigenvalue weighted by atomic mass is 10.1. The molecule has 81 valence electrons. The molecular weight excluding hydrogens is 178 g/mol. The lowest BCUT2D eigenvalue weighted by Gasteiger charge is -2.10. The summed E-state index contributed by atoms with van der Waals surface area (Å²) >= 11 is 0. The summed E-state index contributed by atoms with van der Waals surface area (Å²) in [5.41, 5.74) is 5.11. The maximum atomic E-state index is 10.4. The Morgan fingerprint density at radius 1 is 1.43 bits per heavy atom. The maximum absolute atomic E-state index is 10.4. The van der Waals surface area contributed by atoms with Crippen LogP contribution in [0.2, 0.25) is 0 Å². The van der Waals surface area contributed by atoms with Crippen molar-refractivity contribution < 1.29 is 4.79 Å². The van der Waals surface area contributed by atoms with E-state index < -0.39 is 6.04 Å². The van der Waals surface area contributed by atoms with E-state index in [4.69, 9.17) is 11.1 Å². The van der Waals surface area contributed by atoms with Crippen molar-refractivity contribution in [1.29, 1.82) is 5.41 Å². The highest BCUT2D eigenvalue weighted by molar-refractivity contribution is 5.78. The zero-order valence-electron chi connectivity index (χ0n) is 8.81. The van der Waals surface area contributed by atoms with E-state index in [-0.39, 0.29) is 5.96 Å². The van der Waals surface area contributed by atoms with Crippen LogP contribution in [0.3, 0.4) is 0 Å². The largest absolute Gasteiger partial charge is 0.370 e. The molecule has 0 aliphatic carbocycles. The predicted molar refractivity (Wildman–Crippen MR) is 57.9 cm³/mol. The number of hydrogen-bond acceptors (Lipinski definition) is 2. The van der Waals surface area contributed by atoms with Gasteiger partial charge in [-0.15, -0.1) is 0 Å². The lowest BCUT2D eigenvalue weighted by molar-refractivity contribution is 0.511. The van der Waals surface area contributed by atoms with Crippen LogP contribution in [-0.2, 0) is 4.79 Å². The Bertz CT molecular complexity index is 171. The van der Waals surface area contributed by atoms with Crippen LogP contribution < -0.4 is 11.1 Å². The molecule has 0 spiro atoms. The summed E-state index contributed by atoms with van der Waals surface area (Å²) in [6.45, 7) is 2.17. The first-order valence-corrected chi connectivity index (χ1v) is 5.19. The minimum Gasteiger partial charge on any atom is -0.370 e. The molecule has 0 heterocycles. The van der Waals surface area contributed by atoms with Crippen molar-refractivity contribution in [1.82, 2.24) is 5.32 Å². The van der Waals surface area contributed by atoms with Gasteiger partial charge in [0, 0.05) is 0 Å². The van der Waals surface area contributed by atoms with Gasteiger partial charge in [-0.3, -0.25) is 10.2 Å². The van der Waals surface area contributed by atoms with Gasteiger partial charge in [-0.05, 0) is 6.42 Å². The smallest absolute Gasteiger partial charge is 0.222 e. The predicted octanol–water partition coefficient (Wildman–Crippen LogP) is 1.31. The van der Waals surface area contributed by atoms with Gasteiger partial charge in [0.1, 0.15) is 0 Å². The third-order valence-electron chi connectivity index (χ3n) is 2.07. The van der Waals surface area contributed by atoms with E-state index >= 15 is 0 Å². The Hall–Kier alpha value is -1.06. The normalized spacial score (nSPS) is 12.1. The lowest BCUT2D eigenvalue weighted by Crippen LogP contribution is -2.40. The molecule has 14 heavy (non-hydrogen) atoms. The molecule has 0 rings (SSSR count). The summed E-state index contributed by atoms with van der Waals surface area (Å²) in [7, 11) is 0. The summed E-state index contributed by atoms with van der Waals surface area (Å²) < 4.78 is 0. The number of nitrogens with two attached hydrogens (primary N) is 1. The molecule has 4 heteroatoms. The van der Waals surface area contributed by atoms with Crippen molar-refractivity contribution in [2.45, 2.75) is 51.5 Å². The number of hydrogen-bond donors (Lipinski definition) is 3. The third-order valence-corrected chi connectivity index (χ3v) is 2.07. The van der Waals surface area contributed by atoms with Crippen molar-refractivity contribution in [3.05, 3.63) is 0 Å². The first-order valence-electron chi connectivity index (χ1n) is 5.19. The summed E-state index contributed by atoms with van der Waals surface area (Å²) in [4.78, 5) is 10.4. The van der Waals surface area contributed by atoms with Gasteiger partial charge in [0.25, 0.3) is 0 Å². The number of rotatable bonds is 8. The van der Waals surface area contributed by atoms with E-state index in [1.165, 1.54) is 19.3 Å². The summed E-state index contributed by atoms with van der Waals surface area (Å²) in [6, 6.07) is -0.408. The number of guanidine groups is 1. The van der Waals surface area contributed by atoms with E-state index in [9.17, 15) is 4.79 Å². The highest BCUT2D eigenvalue weighted by Gasteiger charge is 2.07. The molecule has 0 aliphatic heterocycles. The molecule has 0 bridgehead atoms. The Labute approximate surface area is 85.8 Å². The topological polar surface area (TPSA) is 79.0 Å². The zero-order valence-corrected chi connectivity index (χ0v) is 8.81. The second kappa shape index (κ2) is 8.53. The van der Waals surface area contributed by atoms with Crippen molar-refractivity contribution in [2.24, 2.45) is 5.73 Å². The molecule has 0 fully saturated rings. The quantitative estimate of drug-likeness (QED) is 0.312. The van der Waals surface area contributed by atoms with Crippen LogP contribution in [0.1, 0.15) is 45.4 Å². The Balaban J connectivity index is 3.43. The maximum Gasteiger partial charge on any atom is 0.222 e.